The molecular formula is C24H25ClN4O2. The van der Waals surface area contributed by atoms with Gasteiger partial charge in [0.15, 0.2) is 0 Å². The number of carbonyl (C=O) groups is 1. The van der Waals surface area contributed by atoms with Crippen LogP contribution in [0.15, 0.2) is 77.7 Å². The van der Waals surface area contributed by atoms with Crippen molar-refractivity contribution < 1.29 is 4.79 Å². The summed E-state index contributed by atoms with van der Waals surface area (Å²) in [6, 6.07) is 20.8. The normalized spacial score (nSPS) is 13.8. The van der Waals surface area contributed by atoms with Gasteiger partial charge in [-0.05, 0) is 29.3 Å². The van der Waals surface area contributed by atoms with Crippen LogP contribution in [-0.4, -0.2) is 41.7 Å². The fourth-order valence-corrected chi connectivity index (χ4v) is 3.95. The van der Waals surface area contributed by atoms with Gasteiger partial charge in [0, 0.05) is 45.0 Å². The Hall–Kier alpha value is -3.25. The van der Waals surface area contributed by atoms with Gasteiger partial charge >= 0.3 is 6.03 Å². The van der Waals surface area contributed by atoms with Gasteiger partial charge in [0.1, 0.15) is 0 Å². The molecule has 0 aliphatic carbocycles. The van der Waals surface area contributed by atoms with Crippen molar-refractivity contribution >= 4 is 23.3 Å². The summed E-state index contributed by atoms with van der Waals surface area (Å²) < 4.78 is 1.67. The Balaban J connectivity index is 1.26. The van der Waals surface area contributed by atoms with E-state index in [1.54, 1.807) is 22.9 Å². The average molecular weight is 437 g/mol. The number of hydrogen-bond donors (Lipinski definition) is 1. The number of hydrogen-bond acceptors (Lipinski definition) is 3. The lowest BCUT2D eigenvalue weighted by Crippen LogP contribution is -2.51. The van der Waals surface area contributed by atoms with E-state index >= 15 is 0 Å². The summed E-state index contributed by atoms with van der Waals surface area (Å²) in [6.07, 6.45) is 1.78. The van der Waals surface area contributed by atoms with Crippen molar-refractivity contribution in [2.75, 3.05) is 31.1 Å². The summed E-state index contributed by atoms with van der Waals surface area (Å²) in [5.41, 5.74) is 3.06. The highest BCUT2D eigenvalue weighted by molar-refractivity contribution is 6.33. The van der Waals surface area contributed by atoms with Crippen LogP contribution in [0.3, 0.4) is 0 Å². The molecule has 1 aromatic heterocycles. The summed E-state index contributed by atoms with van der Waals surface area (Å²) in [4.78, 5) is 28.4. The SMILES string of the molecule is O=C(NCc1ccc(Cn2ccccc2=O)cc1)N1CCN(c2ccccc2Cl)CC1. The molecule has 4 rings (SSSR count). The Morgan fingerprint density at radius 1 is 0.871 bits per heavy atom. The van der Waals surface area contributed by atoms with Gasteiger partial charge < -0.3 is 19.7 Å². The van der Waals surface area contributed by atoms with Gasteiger partial charge in [-0.25, -0.2) is 4.79 Å². The fourth-order valence-electron chi connectivity index (χ4n) is 3.70. The second-order valence-corrected chi connectivity index (χ2v) is 7.97. The van der Waals surface area contributed by atoms with Crippen molar-refractivity contribution in [1.29, 1.82) is 0 Å². The van der Waals surface area contributed by atoms with Crippen molar-refractivity contribution in [3.63, 3.8) is 0 Å². The number of amides is 2. The first kappa shape index (κ1) is 21.0. The number of piperazine rings is 1. The van der Waals surface area contributed by atoms with E-state index in [2.05, 4.69) is 10.2 Å². The van der Waals surface area contributed by atoms with Crippen LogP contribution in [0, 0.1) is 0 Å². The van der Waals surface area contributed by atoms with Crippen LogP contribution in [0.4, 0.5) is 10.5 Å². The van der Waals surface area contributed by atoms with Crippen molar-refractivity contribution in [3.05, 3.63) is 99.4 Å². The van der Waals surface area contributed by atoms with Crippen LogP contribution in [0.5, 0.6) is 0 Å². The molecule has 0 unspecified atom stereocenters. The van der Waals surface area contributed by atoms with Gasteiger partial charge in [-0.1, -0.05) is 54.1 Å². The molecule has 0 spiro atoms. The Morgan fingerprint density at radius 2 is 1.55 bits per heavy atom. The molecule has 1 N–H and O–H groups in total. The number of nitrogens with zero attached hydrogens (tertiary/aromatic N) is 3. The number of urea groups is 1. The van der Waals surface area contributed by atoms with E-state index in [1.807, 2.05) is 59.5 Å². The zero-order valence-electron chi connectivity index (χ0n) is 17.2. The minimum absolute atomic E-state index is 0.0199. The van der Waals surface area contributed by atoms with Crippen molar-refractivity contribution in [2.24, 2.45) is 0 Å². The lowest BCUT2D eigenvalue weighted by molar-refractivity contribution is 0.194. The van der Waals surface area contributed by atoms with Gasteiger partial charge in [-0.2, -0.15) is 0 Å². The Morgan fingerprint density at radius 3 is 2.26 bits per heavy atom. The summed E-state index contributed by atoms with van der Waals surface area (Å²) in [6.45, 7) is 3.82. The molecule has 3 aromatic rings. The molecule has 2 aromatic carbocycles. The van der Waals surface area contributed by atoms with Crippen molar-refractivity contribution in [1.82, 2.24) is 14.8 Å². The lowest BCUT2D eigenvalue weighted by atomic mass is 10.1. The molecule has 1 saturated heterocycles. The Bertz CT molecular complexity index is 1090. The van der Waals surface area contributed by atoms with E-state index in [-0.39, 0.29) is 11.6 Å². The number of carbonyl (C=O) groups excluding carboxylic acids is 1. The Kier molecular flexibility index (Phi) is 6.57. The number of benzene rings is 2. The fraction of sp³-hybridized carbons (Fsp3) is 0.250. The van der Waals surface area contributed by atoms with Gasteiger partial charge in [-0.3, -0.25) is 4.79 Å². The molecule has 0 bridgehead atoms. The third-order valence-corrected chi connectivity index (χ3v) is 5.80. The monoisotopic (exact) mass is 436 g/mol. The first-order valence-electron chi connectivity index (χ1n) is 10.4. The zero-order chi connectivity index (χ0) is 21.6. The first-order valence-corrected chi connectivity index (χ1v) is 10.7. The minimum Gasteiger partial charge on any atom is -0.367 e. The molecule has 31 heavy (non-hydrogen) atoms. The second kappa shape index (κ2) is 9.71. The van der Waals surface area contributed by atoms with E-state index in [1.165, 1.54) is 0 Å². The molecule has 2 amide bonds. The quantitative estimate of drug-likeness (QED) is 0.665. The summed E-state index contributed by atoms with van der Waals surface area (Å²) >= 11 is 6.29. The van der Waals surface area contributed by atoms with Crippen LogP contribution in [-0.2, 0) is 13.1 Å². The smallest absolute Gasteiger partial charge is 0.317 e. The predicted molar refractivity (Wildman–Crippen MR) is 124 cm³/mol. The van der Waals surface area contributed by atoms with Crippen LogP contribution in [0.2, 0.25) is 5.02 Å². The third-order valence-electron chi connectivity index (χ3n) is 5.48. The largest absolute Gasteiger partial charge is 0.367 e. The van der Waals surface area contributed by atoms with Gasteiger partial charge in [0.05, 0.1) is 17.3 Å². The van der Waals surface area contributed by atoms with Crippen LogP contribution < -0.4 is 15.8 Å². The number of aromatic nitrogens is 1. The van der Waals surface area contributed by atoms with E-state index in [4.69, 9.17) is 11.6 Å². The molecule has 0 saturated carbocycles. The number of anilines is 1. The molecule has 1 aliphatic heterocycles. The van der Waals surface area contributed by atoms with Gasteiger partial charge in [0.2, 0.25) is 0 Å². The van der Waals surface area contributed by atoms with Crippen molar-refractivity contribution in [3.8, 4) is 0 Å². The maximum atomic E-state index is 12.6. The molecule has 6 nitrogen and oxygen atoms in total. The predicted octanol–water partition coefficient (Wildman–Crippen LogP) is 3.58. The number of para-hydroxylation sites is 1. The summed E-state index contributed by atoms with van der Waals surface area (Å²) in [7, 11) is 0. The molecule has 7 heteroatoms. The van der Waals surface area contributed by atoms with Crippen LogP contribution in [0.1, 0.15) is 11.1 Å². The highest BCUT2D eigenvalue weighted by Gasteiger charge is 2.22. The first-order chi connectivity index (χ1) is 15.1. The second-order valence-electron chi connectivity index (χ2n) is 7.57. The maximum Gasteiger partial charge on any atom is 0.317 e. The van der Waals surface area contributed by atoms with Gasteiger partial charge in [0.25, 0.3) is 5.56 Å². The molecule has 160 valence electrons. The average Bonchev–Trinajstić information content (AvgIpc) is 2.80. The van der Waals surface area contributed by atoms with E-state index in [9.17, 15) is 9.59 Å². The van der Waals surface area contributed by atoms with E-state index < -0.39 is 0 Å². The van der Waals surface area contributed by atoms with Crippen LogP contribution >= 0.6 is 11.6 Å². The molecule has 1 aliphatic rings. The molecule has 1 fully saturated rings. The molecule has 0 radical (unpaired) electrons. The number of nitrogens with one attached hydrogen (secondary N) is 1. The molecule has 0 atom stereocenters. The van der Waals surface area contributed by atoms with E-state index in [0.717, 1.165) is 34.9 Å². The minimum atomic E-state index is -0.0567. The van der Waals surface area contributed by atoms with Gasteiger partial charge in [-0.15, -0.1) is 0 Å². The number of rotatable bonds is 5. The summed E-state index contributed by atoms with van der Waals surface area (Å²) in [5, 5.41) is 3.74. The lowest BCUT2D eigenvalue weighted by Gasteiger charge is -2.36. The third kappa shape index (κ3) is 5.27. The Labute approximate surface area is 186 Å². The molecular weight excluding hydrogens is 412 g/mol. The highest BCUT2D eigenvalue weighted by Crippen LogP contribution is 2.26. The number of pyridine rings is 1. The molecule has 2 heterocycles. The maximum absolute atomic E-state index is 12.6. The topological polar surface area (TPSA) is 57.6 Å². The standard InChI is InChI=1S/C24H25ClN4O2/c25-21-5-1-2-6-22(21)27-13-15-28(16-14-27)24(31)26-17-19-8-10-20(11-9-19)18-29-12-4-3-7-23(29)30/h1-12H,13-18H2,(H,26,31). The van der Waals surface area contributed by atoms with Crippen molar-refractivity contribution in [2.45, 2.75) is 13.1 Å². The van der Waals surface area contributed by atoms with Crippen LogP contribution in [0.25, 0.3) is 0 Å². The van der Waals surface area contributed by atoms with E-state index in [0.29, 0.717) is 26.2 Å². The highest BCUT2D eigenvalue weighted by atomic mass is 35.5. The summed E-state index contributed by atoms with van der Waals surface area (Å²) in [5.74, 6) is 0. The zero-order valence-corrected chi connectivity index (χ0v) is 18.0. The number of halogens is 1.